The summed E-state index contributed by atoms with van der Waals surface area (Å²) in [7, 11) is -3.85. The van der Waals surface area contributed by atoms with E-state index in [0.717, 1.165) is 9.47 Å². The number of thioether (sulfide) groups is 1. The average Bonchev–Trinajstić information content (AvgIpc) is 3.16. The van der Waals surface area contributed by atoms with Gasteiger partial charge in [-0.15, -0.1) is 11.8 Å². The number of carbonyl (C=O) groups excluding carboxylic acids is 1. The Labute approximate surface area is 187 Å². The monoisotopic (exact) mass is 472 g/mol. The summed E-state index contributed by atoms with van der Waals surface area (Å²) in [5, 5.41) is 2.85. The van der Waals surface area contributed by atoms with Gasteiger partial charge in [0, 0.05) is 5.69 Å². The van der Waals surface area contributed by atoms with Crippen molar-refractivity contribution in [2.75, 3.05) is 5.32 Å². The van der Waals surface area contributed by atoms with Crippen LogP contribution in [0, 0.1) is 6.92 Å². The normalized spacial score (nSPS) is 16.1. The van der Waals surface area contributed by atoms with Gasteiger partial charge >= 0.3 is 11.7 Å². The number of carbonyl (C=O) groups is 1. The maximum absolute atomic E-state index is 12.9. The van der Waals surface area contributed by atoms with E-state index in [1.165, 1.54) is 23.9 Å². The van der Waals surface area contributed by atoms with Gasteiger partial charge in [0.05, 0.1) is 16.6 Å². The first-order chi connectivity index (χ1) is 15.2. The highest BCUT2D eigenvalue weighted by Gasteiger charge is 2.30. The number of hydrogen-bond acceptors (Lipinski definition) is 6. The Morgan fingerprint density at radius 2 is 1.91 bits per heavy atom. The van der Waals surface area contributed by atoms with Gasteiger partial charge in [0.2, 0.25) is 10.0 Å². The molecule has 4 rings (SSSR count). The quantitative estimate of drug-likeness (QED) is 0.535. The minimum atomic E-state index is -3.85. The Morgan fingerprint density at radius 3 is 2.59 bits per heavy atom. The third-order valence-corrected chi connectivity index (χ3v) is 8.39. The number of nitrogens with zero attached hydrogens (tertiary/aromatic N) is 1. The molecule has 0 radical (unpaired) electrons. The van der Waals surface area contributed by atoms with Gasteiger partial charge in [0.1, 0.15) is 4.58 Å². The number of para-hydroxylation sites is 1. The number of fused-ring (bicyclic) bond motifs is 1. The molecule has 0 spiro atoms. The highest BCUT2D eigenvalue weighted by molar-refractivity contribution is 8.15. The minimum Gasteiger partial charge on any atom is -0.307 e. The van der Waals surface area contributed by atoms with Crippen molar-refractivity contribution in [2.24, 2.45) is 0 Å². The zero-order chi connectivity index (χ0) is 23.0. The lowest BCUT2D eigenvalue weighted by atomic mass is 10.1. The van der Waals surface area contributed by atoms with Gasteiger partial charge in [-0.05, 0) is 61.1 Å². The van der Waals surface area contributed by atoms with E-state index in [0.29, 0.717) is 34.3 Å². The van der Waals surface area contributed by atoms with Crippen molar-refractivity contribution in [3.63, 3.8) is 0 Å². The van der Waals surface area contributed by atoms with Crippen molar-refractivity contribution < 1.29 is 13.2 Å². The maximum atomic E-state index is 12.9. The highest BCUT2D eigenvalue weighted by atomic mass is 32.3. The summed E-state index contributed by atoms with van der Waals surface area (Å²) in [6.07, 6.45) is 2.15. The molecule has 0 bridgehead atoms. The summed E-state index contributed by atoms with van der Waals surface area (Å²) in [4.78, 5) is 41.2. The number of benzene rings is 2. The SMILES string of the molecule is CC1=CCC(S(=O)(=O)NC(=O)Nc2ccc(-n3c(=O)[nH]c4ccccc4c3=O)c(C)c2)S1. The molecule has 2 amide bonds. The summed E-state index contributed by atoms with van der Waals surface area (Å²) >= 11 is 1.19. The van der Waals surface area contributed by atoms with Crippen LogP contribution in [0.1, 0.15) is 18.9 Å². The molecule has 166 valence electrons. The molecule has 1 unspecified atom stereocenters. The van der Waals surface area contributed by atoms with Crippen molar-refractivity contribution in [3.8, 4) is 5.69 Å². The van der Waals surface area contributed by atoms with Crippen LogP contribution in [0.2, 0.25) is 0 Å². The number of allylic oxidation sites excluding steroid dienone is 2. The van der Waals surface area contributed by atoms with Crippen LogP contribution in [0.15, 0.2) is 63.0 Å². The number of hydrogen-bond donors (Lipinski definition) is 3. The first-order valence-electron chi connectivity index (χ1n) is 9.67. The van der Waals surface area contributed by atoms with Gasteiger partial charge in [0.15, 0.2) is 0 Å². The Morgan fingerprint density at radius 1 is 1.16 bits per heavy atom. The van der Waals surface area contributed by atoms with Gasteiger partial charge in [0.25, 0.3) is 5.56 Å². The van der Waals surface area contributed by atoms with Gasteiger partial charge in [-0.1, -0.05) is 18.2 Å². The number of rotatable bonds is 4. The van der Waals surface area contributed by atoms with Crippen molar-refractivity contribution in [1.82, 2.24) is 14.3 Å². The standard InChI is InChI=1S/C21H20N4O5S2/c1-12-11-14(22-20(27)24-32(29,30)18-10-7-13(2)31-18)8-9-17(12)25-19(26)15-5-3-4-6-16(15)23-21(25)28/h3-9,11,18H,10H2,1-2H3,(H,23,28)(H2,22,24,27). The highest BCUT2D eigenvalue weighted by Crippen LogP contribution is 2.34. The topological polar surface area (TPSA) is 130 Å². The molecule has 1 aromatic heterocycles. The number of amides is 2. The zero-order valence-electron chi connectivity index (χ0n) is 17.2. The number of aryl methyl sites for hydroxylation is 1. The van der Waals surface area contributed by atoms with Crippen LogP contribution in [0.3, 0.4) is 0 Å². The van der Waals surface area contributed by atoms with Crippen LogP contribution in [0.4, 0.5) is 10.5 Å². The summed E-state index contributed by atoms with van der Waals surface area (Å²) in [6.45, 7) is 3.50. The van der Waals surface area contributed by atoms with E-state index in [1.54, 1.807) is 37.3 Å². The minimum absolute atomic E-state index is 0.317. The molecule has 0 saturated heterocycles. The van der Waals surface area contributed by atoms with E-state index in [-0.39, 0.29) is 0 Å². The molecule has 0 aliphatic carbocycles. The first-order valence-corrected chi connectivity index (χ1v) is 12.1. The van der Waals surface area contributed by atoms with Crippen molar-refractivity contribution in [2.45, 2.75) is 24.9 Å². The number of aromatic nitrogens is 2. The maximum Gasteiger partial charge on any atom is 0.333 e. The number of sulfonamides is 1. The molecule has 11 heteroatoms. The fourth-order valence-corrected chi connectivity index (χ4v) is 6.17. The fourth-order valence-electron chi connectivity index (χ4n) is 3.47. The lowest BCUT2D eigenvalue weighted by Gasteiger charge is -2.14. The average molecular weight is 473 g/mol. The Hall–Kier alpha value is -3.31. The summed E-state index contributed by atoms with van der Waals surface area (Å²) in [5.74, 6) is 0. The Bertz CT molecular complexity index is 1490. The van der Waals surface area contributed by atoms with Gasteiger partial charge in [-0.3, -0.25) is 4.79 Å². The lowest BCUT2D eigenvalue weighted by Crippen LogP contribution is -2.39. The van der Waals surface area contributed by atoms with Gasteiger partial charge < -0.3 is 10.3 Å². The van der Waals surface area contributed by atoms with Crippen molar-refractivity contribution in [1.29, 1.82) is 0 Å². The number of anilines is 1. The van der Waals surface area contributed by atoms with Crippen LogP contribution in [0.5, 0.6) is 0 Å². The molecule has 1 atom stereocenters. The van der Waals surface area contributed by atoms with E-state index in [1.807, 2.05) is 17.7 Å². The molecule has 2 aromatic carbocycles. The second kappa shape index (κ2) is 8.32. The van der Waals surface area contributed by atoms with E-state index in [2.05, 4.69) is 10.3 Å². The van der Waals surface area contributed by atoms with Crippen LogP contribution in [0.25, 0.3) is 16.6 Å². The third-order valence-electron chi connectivity index (χ3n) is 5.00. The predicted octanol–water partition coefficient (Wildman–Crippen LogP) is 2.81. The molecule has 9 nitrogen and oxygen atoms in total. The van der Waals surface area contributed by atoms with Crippen LogP contribution in [-0.4, -0.2) is 28.6 Å². The second-order valence-corrected chi connectivity index (χ2v) is 10.9. The second-order valence-electron chi connectivity index (χ2n) is 7.32. The smallest absolute Gasteiger partial charge is 0.307 e. The molecule has 0 saturated carbocycles. The lowest BCUT2D eigenvalue weighted by molar-refractivity contribution is 0.256. The molecule has 3 N–H and O–H groups in total. The predicted molar refractivity (Wildman–Crippen MR) is 126 cm³/mol. The molecule has 3 aromatic rings. The van der Waals surface area contributed by atoms with Crippen molar-refractivity contribution in [3.05, 3.63) is 79.8 Å². The largest absolute Gasteiger partial charge is 0.333 e. The molecule has 32 heavy (non-hydrogen) atoms. The Balaban J connectivity index is 1.57. The summed E-state index contributed by atoms with van der Waals surface area (Å²) < 4.78 is 27.0. The third kappa shape index (κ3) is 4.21. The number of aromatic amines is 1. The molecule has 1 aliphatic rings. The summed E-state index contributed by atoms with van der Waals surface area (Å²) in [6, 6.07) is 10.4. The van der Waals surface area contributed by atoms with Gasteiger partial charge in [-0.25, -0.2) is 27.3 Å². The first kappa shape index (κ1) is 21.9. The molecular weight excluding hydrogens is 452 g/mol. The van der Waals surface area contributed by atoms with Crippen LogP contribution >= 0.6 is 11.8 Å². The number of urea groups is 1. The molecule has 2 heterocycles. The summed E-state index contributed by atoms with van der Waals surface area (Å²) in [5.41, 5.74) is 0.606. The van der Waals surface area contributed by atoms with E-state index >= 15 is 0 Å². The number of H-pyrrole nitrogens is 1. The van der Waals surface area contributed by atoms with Crippen LogP contribution < -0.4 is 21.3 Å². The van der Waals surface area contributed by atoms with E-state index in [4.69, 9.17) is 0 Å². The van der Waals surface area contributed by atoms with Crippen LogP contribution in [-0.2, 0) is 10.0 Å². The zero-order valence-corrected chi connectivity index (χ0v) is 18.8. The van der Waals surface area contributed by atoms with Crippen molar-refractivity contribution >= 4 is 44.4 Å². The molecular formula is C21H20N4O5S2. The number of nitrogens with one attached hydrogen (secondary N) is 3. The fraction of sp³-hybridized carbons (Fsp3) is 0.190. The molecule has 1 aliphatic heterocycles. The molecule has 0 fully saturated rings. The van der Waals surface area contributed by atoms with E-state index in [9.17, 15) is 22.8 Å². The Kier molecular flexibility index (Phi) is 5.70. The van der Waals surface area contributed by atoms with Gasteiger partial charge in [-0.2, -0.15) is 0 Å². The van der Waals surface area contributed by atoms with E-state index < -0.39 is 31.9 Å².